The van der Waals surface area contributed by atoms with E-state index in [-0.39, 0.29) is 12.4 Å². The van der Waals surface area contributed by atoms with Gasteiger partial charge < -0.3 is 14.9 Å². The number of hydrogen-bond donors (Lipinski definition) is 2. The first-order chi connectivity index (χ1) is 12.1. The molecule has 0 fully saturated rings. The van der Waals surface area contributed by atoms with E-state index in [1.165, 1.54) is 5.56 Å². The molecule has 5 nitrogen and oxygen atoms in total. The highest BCUT2D eigenvalue weighted by molar-refractivity contribution is 6.19. The Kier molecular flexibility index (Phi) is 4.66. The lowest BCUT2D eigenvalue weighted by Crippen LogP contribution is -2.32. The molecule has 1 atom stereocenters. The van der Waals surface area contributed by atoms with Crippen LogP contribution in [0.5, 0.6) is 0 Å². The van der Waals surface area contributed by atoms with Crippen molar-refractivity contribution < 1.29 is 14.7 Å². The molecule has 1 heterocycles. The highest BCUT2D eigenvalue weighted by Crippen LogP contribution is 2.42. The maximum Gasteiger partial charge on any atom is 0.307 e. The van der Waals surface area contributed by atoms with E-state index in [0.717, 1.165) is 35.0 Å². The fourth-order valence-corrected chi connectivity index (χ4v) is 3.74. The maximum atomic E-state index is 12.2. The summed E-state index contributed by atoms with van der Waals surface area (Å²) < 4.78 is 5.19. The van der Waals surface area contributed by atoms with Gasteiger partial charge in [0.2, 0.25) is 0 Å². The first-order valence-electron chi connectivity index (χ1n) is 8.81. The molecule has 0 amide bonds. The van der Waals surface area contributed by atoms with Gasteiger partial charge in [-0.15, -0.1) is 0 Å². The summed E-state index contributed by atoms with van der Waals surface area (Å²) >= 11 is 0. The summed E-state index contributed by atoms with van der Waals surface area (Å²) in [5, 5.41) is 14.0. The zero-order valence-electron chi connectivity index (χ0n) is 14.9. The minimum Gasteiger partial charge on any atom is -0.466 e. The fourth-order valence-electron chi connectivity index (χ4n) is 3.74. The van der Waals surface area contributed by atoms with Crippen LogP contribution >= 0.6 is 0 Å². The van der Waals surface area contributed by atoms with Crippen LogP contribution in [0.25, 0.3) is 10.9 Å². The summed E-state index contributed by atoms with van der Waals surface area (Å²) in [6, 6.07) is 6.13. The first kappa shape index (κ1) is 17.3. The van der Waals surface area contributed by atoms with Gasteiger partial charge in [0, 0.05) is 27.6 Å². The minimum atomic E-state index is -0.486. The number of oxime groups is 1. The molecule has 0 aliphatic heterocycles. The number of nitrogens with zero attached hydrogens (tertiary/aromatic N) is 1. The monoisotopic (exact) mass is 340 g/mol. The third kappa shape index (κ3) is 2.73. The van der Waals surface area contributed by atoms with Gasteiger partial charge in [-0.05, 0) is 31.4 Å². The number of carbonyl (C=O) groups is 1. The standard InChI is InChI=1S/C20H24N2O3/c1-4-13-8-7-9-14-17-15(22-24)10-11-20(5-2,12-16(23)25-6-3)19(17)21-18(13)14/h7-11,21,24H,4-6,12H2,1-3H3/b22-15+. The van der Waals surface area contributed by atoms with Gasteiger partial charge in [-0.25, -0.2) is 0 Å². The van der Waals surface area contributed by atoms with Crippen molar-refractivity contribution >= 4 is 22.6 Å². The molecule has 2 N–H and O–H groups in total. The minimum absolute atomic E-state index is 0.223. The molecule has 1 aromatic carbocycles. The van der Waals surface area contributed by atoms with Gasteiger partial charge in [-0.2, -0.15) is 0 Å². The Morgan fingerprint density at radius 1 is 1.32 bits per heavy atom. The third-order valence-electron chi connectivity index (χ3n) is 5.12. The Morgan fingerprint density at radius 2 is 2.12 bits per heavy atom. The predicted molar refractivity (Wildman–Crippen MR) is 98.4 cm³/mol. The second-order valence-corrected chi connectivity index (χ2v) is 6.38. The molecular weight excluding hydrogens is 316 g/mol. The average molecular weight is 340 g/mol. The summed E-state index contributed by atoms with van der Waals surface area (Å²) in [7, 11) is 0. The van der Waals surface area contributed by atoms with E-state index in [1.807, 2.05) is 25.1 Å². The van der Waals surface area contributed by atoms with Crippen molar-refractivity contribution in [3.05, 3.63) is 47.2 Å². The zero-order valence-corrected chi connectivity index (χ0v) is 14.9. The molecule has 0 bridgehead atoms. The number of carbonyl (C=O) groups excluding carboxylic acids is 1. The first-order valence-corrected chi connectivity index (χ1v) is 8.81. The molecule has 1 aliphatic rings. The van der Waals surface area contributed by atoms with Gasteiger partial charge in [-0.3, -0.25) is 4.79 Å². The number of aromatic amines is 1. The molecule has 132 valence electrons. The number of esters is 1. The summed E-state index contributed by atoms with van der Waals surface area (Å²) in [4.78, 5) is 15.8. The van der Waals surface area contributed by atoms with Crippen LogP contribution in [0.4, 0.5) is 0 Å². The number of hydrogen-bond acceptors (Lipinski definition) is 4. The molecule has 2 aromatic rings. The van der Waals surface area contributed by atoms with Crippen molar-refractivity contribution in [1.82, 2.24) is 4.98 Å². The van der Waals surface area contributed by atoms with Crippen LogP contribution in [0.15, 0.2) is 35.5 Å². The number of ether oxygens (including phenoxy) is 1. The second kappa shape index (κ2) is 6.75. The summed E-state index contributed by atoms with van der Waals surface area (Å²) in [6.45, 7) is 6.34. The van der Waals surface area contributed by atoms with Gasteiger partial charge in [0.25, 0.3) is 0 Å². The highest BCUT2D eigenvalue weighted by Gasteiger charge is 2.39. The molecule has 25 heavy (non-hydrogen) atoms. The number of fused-ring (bicyclic) bond motifs is 3. The Balaban J connectivity index is 2.25. The van der Waals surface area contributed by atoms with E-state index in [2.05, 4.69) is 30.1 Å². The second-order valence-electron chi connectivity index (χ2n) is 6.38. The number of nitrogens with one attached hydrogen (secondary N) is 1. The number of allylic oxidation sites excluding steroid dienone is 2. The summed E-state index contributed by atoms with van der Waals surface area (Å²) in [5.74, 6) is -0.223. The van der Waals surface area contributed by atoms with Crippen LogP contribution in [0.3, 0.4) is 0 Å². The van der Waals surface area contributed by atoms with Gasteiger partial charge in [0.15, 0.2) is 0 Å². The topological polar surface area (TPSA) is 74.7 Å². The molecule has 5 heteroatoms. The lowest BCUT2D eigenvalue weighted by atomic mass is 9.73. The van der Waals surface area contributed by atoms with E-state index in [1.54, 1.807) is 6.08 Å². The molecule has 0 saturated heterocycles. The van der Waals surface area contributed by atoms with Gasteiger partial charge in [0.1, 0.15) is 5.71 Å². The van der Waals surface area contributed by atoms with Crippen LogP contribution < -0.4 is 0 Å². The lowest BCUT2D eigenvalue weighted by Gasteiger charge is -2.31. The smallest absolute Gasteiger partial charge is 0.307 e. The Labute approximate surface area is 147 Å². The molecule has 0 spiro atoms. The van der Waals surface area contributed by atoms with Crippen molar-refractivity contribution in [2.24, 2.45) is 5.16 Å². The van der Waals surface area contributed by atoms with E-state index >= 15 is 0 Å². The van der Waals surface area contributed by atoms with E-state index < -0.39 is 5.41 Å². The quantitative estimate of drug-likeness (QED) is 0.489. The van der Waals surface area contributed by atoms with Gasteiger partial charge in [-0.1, -0.05) is 43.3 Å². The summed E-state index contributed by atoms with van der Waals surface area (Å²) in [6.07, 6.45) is 5.65. The fraction of sp³-hybridized carbons (Fsp3) is 0.400. The van der Waals surface area contributed by atoms with Gasteiger partial charge >= 0.3 is 5.97 Å². The van der Waals surface area contributed by atoms with Crippen molar-refractivity contribution in [1.29, 1.82) is 0 Å². The van der Waals surface area contributed by atoms with Crippen LogP contribution in [-0.2, 0) is 21.4 Å². The number of rotatable bonds is 5. The van der Waals surface area contributed by atoms with E-state index in [4.69, 9.17) is 4.74 Å². The van der Waals surface area contributed by atoms with Crippen molar-refractivity contribution in [2.75, 3.05) is 6.61 Å². The normalized spacial score (nSPS) is 20.8. The molecule has 0 radical (unpaired) electrons. The highest BCUT2D eigenvalue weighted by atomic mass is 16.5. The zero-order chi connectivity index (χ0) is 18.0. The number of aryl methyl sites for hydroxylation is 1. The molecule has 1 aromatic heterocycles. The van der Waals surface area contributed by atoms with Crippen LogP contribution in [-0.4, -0.2) is 28.5 Å². The number of benzene rings is 1. The third-order valence-corrected chi connectivity index (χ3v) is 5.12. The number of para-hydroxylation sites is 1. The molecule has 0 saturated carbocycles. The number of aromatic nitrogens is 1. The molecular formula is C20H24N2O3. The lowest BCUT2D eigenvalue weighted by molar-refractivity contribution is -0.144. The van der Waals surface area contributed by atoms with Crippen LogP contribution in [0.2, 0.25) is 0 Å². The maximum absolute atomic E-state index is 12.2. The molecule has 1 aliphatic carbocycles. The van der Waals surface area contributed by atoms with Crippen LogP contribution in [0, 0.1) is 0 Å². The van der Waals surface area contributed by atoms with Crippen LogP contribution in [0.1, 0.15) is 50.4 Å². The van der Waals surface area contributed by atoms with Crippen molar-refractivity contribution in [3.63, 3.8) is 0 Å². The Morgan fingerprint density at radius 3 is 2.76 bits per heavy atom. The SMILES string of the molecule is CCOC(=O)CC1(CC)C=C/C(=N\O)c2c1[nH]c1c(CC)cccc21. The number of H-pyrrole nitrogens is 1. The van der Waals surface area contributed by atoms with Crippen molar-refractivity contribution in [3.8, 4) is 0 Å². The summed E-state index contributed by atoms with van der Waals surface area (Å²) in [5.41, 5.74) is 4.07. The van der Waals surface area contributed by atoms with Gasteiger partial charge in [0.05, 0.1) is 13.0 Å². The van der Waals surface area contributed by atoms with E-state index in [9.17, 15) is 10.0 Å². The molecule has 3 rings (SSSR count). The Hall–Kier alpha value is -2.56. The van der Waals surface area contributed by atoms with E-state index in [0.29, 0.717) is 12.3 Å². The predicted octanol–water partition coefficient (Wildman–Crippen LogP) is 4.08. The average Bonchev–Trinajstić information content (AvgIpc) is 3.03. The van der Waals surface area contributed by atoms with Crippen molar-refractivity contribution in [2.45, 2.75) is 45.4 Å². The molecule has 1 unspecified atom stereocenters. The Bertz CT molecular complexity index is 863. The largest absolute Gasteiger partial charge is 0.466 e.